The molecule has 1 aliphatic carbocycles. The molecule has 3 nitrogen and oxygen atoms in total. The van der Waals surface area contributed by atoms with E-state index < -0.39 is 0 Å². The number of azo groups is 1. The Kier molecular flexibility index (Phi) is 3.85. The fourth-order valence-electron chi connectivity index (χ4n) is 2.04. The van der Waals surface area contributed by atoms with E-state index in [0.717, 1.165) is 16.2 Å². The highest BCUT2D eigenvalue weighted by Crippen LogP contribution is 2.35. The zero-order chi connectivity index (χ0) is 13.9. The van der Waals surface area contributed by atoms with Crippen molar-refractivity contribution in [1.82, 2.24) is 0 Å². The normalized spacial score (nSPS) is 20.9. The molecule has 1 aliphatic heterocycles. The van der Waals surface area contributed by atoms with E-state index in [1.54, 1.807) is 11.8 Å². The van der Waals surface area contributed by atoms with E-state index in [-0.39, 0.29) is 11.8 Å². The maximum absolute atomic E-state index is 11.8. The Labute approximate surface area is 126 Å². The molecule has 20 heavy (non-hydrogen) atoms. The van der Waals surface area contributed by atoms with Gasteiger partial charge in [0.15, 0.2) is 5.16 Å². The van der Waals surface area contributed by atoms with E-state index in [4.69, 9.17) is 11.6 Å². The van der Waals surface area contributed by atoms with Crippen molar-refractivity contribution in [2.75, 3.05) is 0 Å². The van der Waals surface area contributed by atoms with Gasteiger partial charge in [-0.15, -0.1) is 22.0 Å². The van der Waals surface area contributed by atoms with Crippen LogP contribution in [0.1, 0.15) is 5.56 Å². The summed E-state index contributed by atoms with van der Waals surface area (Å²) >= 11 is 7.65. The molecule has 1 heterocycles. The van der Waals surface area contributed by atoms with Gasteiger partial charge in [-0.25, -0.2) is 0 Å². The van der Waals surface area contributed by atoms with Crippen molar-refractivity contribution in [3.8, 4) is 0 Å². The Balaban J connectivity index is 1.74. The first-order chi connectivity index (χ1) is 9.74. The number of rotatable bonds is 3. The maximum Gasteiger partial charge on any atom is 0.276 e. The topological polar surface area (TPSA) is 41.8 Å². The number of benzene rings is 1. The number of carbonyl (C=O) groups excluding carboxylic acids is 1. The quantitative estimate of drug-likeness (QED) is 0.775. The third-order valence-electron chi connectivity index (χ3n) is 3.08. The lowest BCUT2D eigenvalue weighted by Crippen LogP contribution is -2.17. The third-order valence-corrected chi connectivity index (χ3v) is 4.46. The molecule has 1 amide bonds. The first-order valence-corrected chi connectivity index (χ1v) is 7.52. The van der Waals surface area contributed by atoms with Crippen LogP contribution in [-0.4, -0.2) is 5.91 Å². The SMILES string of the molecule is O=C1N=NC(Cl)=C2C=CC(SCc3ccccc3)=CC12. The van der Waals surface area contributed by atoms with Gasteiger partial charge in [-0.2, -0.15) is 0 Å². The summed E-state index contributed by atoms with van der Waals surface area (Å²) in [5.41, 5.74) is 1.98. The van der Waals surface area contributed by atoms with Crippen LogP contribution in [0.25, 0.3) is 0 Å². The first kappa shape index (κ1) is 13.3. The average molecular weight is 303 g/mol. The molecule has 0 bridgehead atoms. The summed E-state index contributed by atoms with van der Waals surface area (Å²) in [5, 5.41) is 7.50. The predicted molar refractivity (Wildman–Crippen MR) is 81.2 cm³/mol. The second-order valence-corrected chi connectivity index (χ2v) is 5.85. The molecule has 0 saturated carbocycles. The Morgan fingerprint density at radius 1 is 1.15 bits per heavy atom. The molecule has 0 fully saturated rings. The maximum atomic E-state index is 11.8. The summed E-state index contributed by atoms with van der Waals surface area (Å²) in [5.74, 6) is 0.224. The lowest BCUT2D eigenvalue weighted by molar-refractivity contribution is -0.120. The molecule has 5 heteroatoms. The zero-order valence-electron chi connectivity index (χ0n) is 10.5. The number of carbonyl (C=O) groups is 1. The summed E-state index contributed by atoms with van der Waals surface area (Å²) in [4.78, 5) is 12.8. The van der Waals surface area contributed by atoms with Gasteiger partial charge >= 0.3 is 0 Å². The average Bonchev–Trinajstić information content (AvgIpc) is 2.50. The van der Waals surface area contributed by atoms with Gasteiger partial charge in [0.05, 0.1) is 5.92 Å². The summed E-state index contributed by atoms with van der Waals surface area (Å²) in [7, 11) is 0. The number of amides is 1. The van der Waals surface area contributed by atoms with Gasteiger partial charge in [0.25, 0.3) is 5.91 Å². The van der Waals surface area contributed by atoms with Gasteiger partial charge in [-0.3, -0.25) is 4.79 Å². The first-order valence-electron chi connectivity index (χ1n) is 6.16. The molecule has 2 aliphatic rings. The number of allylic oxidation sites excluding steroid dienone is 2. The van der Waals surface area contributed by atoms with E-state index in [1.807, 2.05) is 36.4 Å². The number of hydrogen-bond donors (Lipinski definition) is 0. The van der Waals surface area contributed by atoms with Gasteiger partial charge in [-0.05, 0) is 11.6 Å². The minimum atomic E-state index is -0.386. The largest absolute Gasteiger partial charge is 0.276 e. The van der Waals surface area contributed by atoms with Crippen molar-refractivity contribution < 1.29 is 4.79 Å². The molecule has 100 valence electrons. The Hall–Kier alpha value is -1.65. The fourth-order valence-corrected chi connectivity index (χ4v) is 3.18. The monoisotopic (exact) mass is 302 g/mol. The Morgan fingerprint density at radius 3 is 2.75 bits per heavy atom. The van der Waals surface area contributed by atoms with Gasteiger partial charge in [0, 0.05) is 16.2 Å². The molecule has 0 radical (unpaired) electrons. The molecule has 1 unspecified atom stereocenters. The third kappa shape index (κ3) is 2.76. The summed E-state index contributed by atoms with van der Waals surface area (Å²) in [6, 6.07) is 10.2. The van der Waals surface area contributed by atoms with Crippen LogP contribution in [0.5, 0.6) is 0 Å². The van der Waals surface area contributed by atoms with Crippen molar-refractivity contribution in [2.45, 2.75) is 5.75 Å². The molecular weight excluding hydrogens is 292 g/mol. The van der Waals surface area contributed by atoms with Crippen LogP contribution in [0.3, 0.4) is 0 Å². The van der Waals surface area contributed by atoms with Crippen LogP contribution in [-0.2, 0) is 10.5 Å². The van der Waals surface area contributed by atoms with Crippen LogP contribution < -0.4 is 0 Å². The second-order valence-electron chi connectivity index (χ2n) is 4.44. The summed E-state index contributed by atoms with van der Waals surface area (Å²) in [6.45, 7) is 0. The molecule has 1 aromatic carbocycles. The van der Waals surface area contributed by atoms with Crippen LogP contribution in [0.15, 0.2) is 74.4 Å². The van der Waals surface area contributed by atoms with Crippen LogP contribution in [0.2, 0.25) is 0 Å². The molecule has 0 spiro atoms. The Bertz CT molecular complexity index is 662. The molecule has 0 saturated heterocycles. The molecule has 0 N–H and O–H groups in total. The zero-order valence-corrected chi connectivity index (χ0v) is 12.1. The molecule has 0 aromatic heterocycles. The number of fused-ring (bicyclic) bond motifs is 1. The molecule has 3 rings (SSSR count). The van der Waals surface area contributed by atoms with E-state index in [9.17, 15) is 4.79 Å². The van der Waals surface area contributed by atoms with Crippen molar-refractivity contribution >= 4 is 29.3 Å². The lowest BCUT2D eigenvalue weighted by atomic mass is 9.94. The van der Waals surface area contributed by atoms with Crippen LogP contribution in [0, 0.1) is 5.92 Å². The molecule has 1 aromatic rings. The Morgan fingerprint density at radius 2 is 1.95 bits per heavy atom. The van der Waals surface area contributed by atoms with Crippen molar-refractivity contribution in [1.29, 1.82) is 0 Å². The highest BCUT2D eigenvalue weighted by molar-refractivity contribution is 8.02. The minimum absolute atomic E-state index is 0.258. The fraction of sp³-hybridized carbons (Fsp3) is 0.133. The van der Waals surface area contributed by atoms with Crippen LogP contribution in [0.4, 0.5) is 0 Å². The van der Waals surface area contributed by atoms with Gasteiger partial charge in [0.1, 0.15) is 0 Å². The standard InChI is InChI=1S/C15H11ClN2OS/c16-14-12-7-6-11(8-13(12)15(19)18-17-14)20-9-10-4-2-1-3-5-10/h1-8,13H,9H2. The smallest absolute Gasteiger partial charge is 0.270 e. The van der Waals surface area contributed by atoms with Gasteiger partial charge in [-0.1, -0.05) is 54.1 Å². The highest BCUT2D eigenvalue weighted by Gasteiger charge is 2.28. The van der Waals surface area contributed by atoms with E-state index in [0.29, 0.717) is 5.16 Å². The second kappa shape index (κ2) is 5.77. The minimum Gasteiger partial charge on any atom is -0.270 e. The summed E-state index contributed by atoms with van der Waals surface area (Å²) < 4.78 is 0. The number of nitrogens with zero attached hydrogens (tertiary/aromatic N) is 2. The summed E-state index contributed by atoms with van der Waals surface area (Å²) in [6.07, 6.45) is 5.73. The highest BCUT2D eigenvalue weighted by atomic mass is 35.5. The van der Waals surface area contributed by atoms with Crippen molar-refractivity contribution in [3.63, 3.8) is 0 Å². The van der Waals surface area contributed by atoms with Gasteiger partial charge < -0.3 is 0 Å². The predicted octanol–water partition coefficient (Wildman–Crippen LogP) is 4.43. The van der Waals surface area contributed by atoms with E-state index in [1.165, 1.54) is 5.56 Å². The molecular formula is C15H11ClN2OS. The molecule has 1 atom stereocenters. The van der Waals surface area contributed by atoms with Crippen LogP contribution >= 0.6 is 23.4 Å². The number of thioether (sulfide) groups is 1. The van der Waals surface area contributed by atoms with Gasteiger partial charge in [0.2, 0.25) is 0 Å². The number of halogens is 1. The van der Waals surface area contributed by atoms with E-state index >= 15 is 0 Å². The van der Waals surface area contributed by atoms with E-state index in [2.05, 4.69) is 22.4 Å². The lowest BCUT2D eigenvalue weighted by Gasteiger charge is -2.19. The number of hydrogen-bond acceptors (Lipinski definition) is 3. The van der Waals surface area contributed by atoms with Crippen molar-refractivity contribution in [3.05, 3.63) is 69.8 Å². The van der Waals surface area contributed by atoms with Crippen molar-refractivity contribution in [2.24, 2.45) is 16.1 Å².